The predicted molar refractivity (Wildman–Crippen MR) is 54.2 cm³/mol. The molecule has 0 aliphatic rings. The monoisotopic (exact) mass is 240 g/mol. The molecule has 0 unspecified atom stereocenters. The molecule has 0 aliphatic carbocycles. The SMILES string of the molecule is O=C(O)c1cn(CCSc2ncco2)nn1. The minimum Gasteiger partial charge on any atom is -0.476 e. The van der Waals surface area contributed by atoms with Crippen LogP contribution in [-0.4, -0.2) is 36.8 Å². The number of aryl methyl sites for hydroxylation is 1. The third-order valence-electron chi connectivity index (χ3n) is 1.71. The van der Waals surface area contributed by atoms with Crippen molar-refractivity contribution < 1.29 is 14.3 Å². The molecule has 0 fully saturated rings. The van der Waals surface area contributed by atoms with Crippen molar-refractivity contribution in [2.45, 2.75) is 11.8 Å². The van der Waals surface area contributed by atoms with E-state index in [9.17, 15) is 4.79 Å². The van der Waals surface area contributed by atoms with Crippen molar-refractivity contribution in [2.24, 2.45) is 0 Å². The lowest BCUT2D eigenvalue weighted by molar-refractivity contribution is 0.0690. The van der Waals surface area contributed by atoms with Gasteiger partial charge in [0.2, 0.25) is 0 Å². The highest BCUT2D eigenvalue weighted by atomic mass is 32.2. The molecule has 2 aromatic rings. The summed E-state index contributed by atoms with van der Waals surface area (Å²) < 4.78 is 6.50. The third-order valence-corrected chi connectivity index (χ3v) is 2.55. The summed E-state index contributed by atoms with van der Waals surface area (Å²) in [4.78, 5) is 14.5. The van der Waals surface area contributed by atoms with Crippen LogP contribution >= 0.6 is 11.8 Å². The molecule has 0 amide bonds. The van der Waals surface area contributed by atoms with Crippen molar-refractivity contribution in [3.8, 4) is 0 Å². The summed E-state index contributed by atoms with van der Waals surface area (Å²) in [6.45, 7) is 0.549. The maximum Gasteiger partial charge on any atom is 0.358 e. The van der Waals surface area contributed by atoms with Crippen molar-refractivity contribution in [2.75, 3.05) is 5.75 Å². The Morgan fingerprint density at radius 1 is 1.62 bits per heavy atom. The maximum atomic E-state index is 10.5. The lowest BCUT2D eigenvalue weighted by Crippen LogP contribution is -2.01. The number of hydrogen-bond acceptors (Lipinski definition) is 6. The normalized spacial score (nSPS) is 10.5. The Labute approximate surface area is 94.5 Å². The summed E-state index contributed by atoms with van der Waals surface area (Å²) in [7, 11) is 0. The van der Waals surface area contributed by atoms with Crippen molar-refractivity contribution in [3.63, 3.8) is 0 Å². The quantitative estimate of drug-likeness (QED) is 0.771. The zero-order chi connectivity index (χ0) is 11.4. The summed E-state index contributed by atoms with van der Waals surface area (Å²) >= 11 is 1.43. The number of carboxylic acids is 1. The Morgan fingerprint density at radius 2 is 2.50 bits per heavy atom. The van der Waals surface area contributed by atoms with E-state index >= 15 is 0 Å². The average molecular weight is 240 g/mol. The van der Waals surface area contributed by atoms with Crippen LogP contribution in [0.5, 0.6) is 0 Å². The van der Waals surface area contributed by atoms with Gasteiger partial charge in [0, 0.05) is 5.75 Å². The van der Waals surface area contributed by atoms with E-state index in [4.69, 9.17) is 9.52 Å². The molecule has 0 aromatic carbocycles. The first-order valence-corrected chi connectivity index (χ1v) is 5.40. The standard InChI is InChI=1S/C8H8N4O3S/c13-7(14)6-5-12(11-10-6)2-4-16-8-9-1-3-15-8/h1,3,5H,2,4H2,(H,13,14). The van der Waals surface area contributed by atoms with Gasteiger partial charge in [0.15, 0.2) is 5.69 Å². The average Bonchev–Trinajstić information content (AvgIpc) is 2.87. The molecular weight excluding hydrogens is 232 g/mol. The van der Waals surface area contributed by atoms with Crippen LogP contribution in [0.25, 0.3) is 0 Å². The van der Waals surface area contributed by atoms with Crippen LogP contribution in [0.1, 0.15) is 10.5 Å². The summed E-state index contributed by atoms with van der Waals surface area (Å²) in [6, 6.07) is 0. The van der Waals surface area contributed by atoms with Crippen LogP contribution in [0.15, 0.2) is 28.3 Å². The number of carbonyl (C=O) groups is 1. The molecule has 0 atom stereocenters. The molecule has 0 saturated heterocycles. The van der Waals surface area contributed by atoms with E-state index in [1.807, 2.05) is 0 Å². The smallest absolute Gasteiger partial charge is 0.358 e. The molecule has 0 spiro atoms. The Morgan fingerprint density at radius 3 is 3.12 bits per heavy atom. The topological polar surface area (TPSA) is 94.0 Å². The van der Waals surface area contributed by atoms with Gasteiger partial charge in [0.25, 0.3) is 5.22 Å². The van der Waals surface area contributed by atoms with Gasteiger partial charge in [-0.15, -0.1) is 5.10 Å². The van der Waals surface area contributed by atoms with Gasteiger partial charge in [-0.3, -0.25) is 4.68 Å². The van der Waals surface area contributed by atoms with Gasteiger partial charge in [-0.1, -0.05) is 17.0 Å². The molecule has 84 valence electrons. The second-order valence-corrected chi connectivity index (χ2v) is 3.86. The van der Waals surface area contributed by atoms with Crippen LogP contribution < -0.4 is 0 Å². The van der Waals surface area contributed by atoms with Gasteiger partial charge >= 0.3 is 5.97 Å². The third kappa shape index (κ3) is 2.60. The fourth-order valence-electron chi connectivity index (χ4n) is 1.01. The first-order chi connectivity index (χ1) is 7.75. The van der Waals surface area contributed by atoms with Crippen LogP contribution in [0.4, 0.5) is 0 Å². The van der Waals surface area contributed by atoms with E-state index in [-0.39, 0.29) is 5.69 Å². The molecule has 2 heterocycles. The fourth-order valence-corrected chi connectivity index (χ4v) is 1.73. The lowest BCUT2D eigenvalue weighted by atomic mass is 10.5. The number of oxazole rings is 1. The van der Waals surface area contributed by atoms with E-state index in [0.717, 1.165) is 0 Å². The minimum absolute atomic E-state index is 0.0545. The molecule has 1 N–H and O–H groups in total. The number of aromatic nitrogens is 4. The van der Waals surface area contributed by atoms with E-state index < -0.39 is 5.97 Å². The molecule has 16 heavy (non-hydrogen) atoms. The van der Waals surface area contributed by atoms with Crippen molar-refractivity contribution in [3.05, 3.63) is 24.4 Å². The number of thioether (sulfide) groups is 1. The largest absolute Gasteiger partial charge is 0.476 e. The molecule has 2 aromatic heterocycles. The predicted octanol–water partition coefficient (Wildman–Crippen LogP) is 0.757. The van der Waals surface area contributed by atoms with Gasteiger partial charge in [-0.25, -0.2) is 9.78 Å². The van der Waals surface area contributed by atoms with E-state index in [2.05, 4.69) is 15.3 Å². The van der Waals surface area contributed by atoms with Gasteiger partial charge in [0.1, 0.15) is 6.26 Å². The maximum absolute atomic E-state index is 10.5. The minimum atomic E-state index is -1.08. The van der Waals surface area contributed by atoms with Gasteiger partial charge in [-0.2, -0.15) is 0 Å². The number of rotatable bonds is 5. The van der Waals surface area contributed by atoms with Crippen LogP contribution in [0, 0.1) is 0 Å². The Hall–Kier alpha value is -1.83. The first kappa shape index (κ1) is 10.7. The van der Waals surface area contributed by atoms with E-state index in [1.165, 1.54) is 28.9 Å². The van der Waals surface area contributed by atoms with Gasteiger partial charge < -0.3 is 9.52 Å². The zero-order valence-corrected chi connectivity index (χ0v) is 8.92. The molecule has 2 rings (SSSR count). The number of hydrogen-bond donors (Lipinski definition) is 1. The number of aromatic carboxylic acids is 1. The zero-order valence-electron chi connectivity index (χ0n) is 8.11. The summed E-state index contributed by atoms with van der Waals surface area (Å²) in [6.07, 6.45) is 4.46. The van der Waals surface area contributed by atoms with Crippen LogP contribution in [0.2, 0.25) is 0 Å². The van der Waals surface area contributed by atoms with Crippen LogP contribution in [0.3, 0.4) is 0 Å². The molecule has 0 bridgehead atoms. The highest BCUT2D eigenvalue weighted by molar-refractivity contribution is 7.99. The lowest BCUT2D eigenvalue weighted by Gasteiger charge is -1.96. The Bertz CT molecular complexity index is 467. The second-order valence-electron chi connectivity index (χ2n) is 2.82. The fraction of sp³-hybridized carbons (Fsp3) is 0.250. The molecule has 7 nitrogen and oxygen atoms in total. The Balaban J connectivity index is 1.83. The molecule has 8 heteroatoms. The number of carboxylic acid groups (broad SMARTS) is 1. The molecular formula is C8H8N4O3S. The highest BCUT2D eigenvalue weighted by Gasteiger charge is 2.08. The summed E-state index contributed by atoms with van der Waals surface area (Å²) in [5.74, 6) is -0.394. The van der Waals surface area contributed by atoms with E-state index in [0.29, 0.717) is 17.5 Å². The van der Waals surface area contributed by atoms with Crippen LogP contribution in [-0.2, 0) is 6.54 Å². The van der Waals surface area contributed by atoms with Gasteiger partial charge in [-0.05, 0) is 0 Å². The van der Waals surface area contributed by atoms with E-state index in [1.54, 1.807) is 6.20 Å². The second kappa shape index (κ2) is 4.79. The molecule has 0 radical (unpaired) electrons. The summed E-state index contributed by atoms with van der Waals surface area (Å²) in [5, 5.41) is 16.4. The highest BCUT2D eigenvalue weighted by Crippen LogP contribution is 2.14. The van der Waals surface area contributed by atoms with Gasteiger partial charge in [0.05, 0.1) is 18.9 Å². The van der Waals surface area contributed by atoms with Crippen molar-refractivity contribution >= 4 is 17.7 Å². The van der Waals surface area contributed by atoms with Crippen molar-refractivity contribution in [1.29, 1.82) is 0 Å². The number of nitrogens with zero attached hydrogens (tertiary/aromatic N) is 4. The van der Waals surface area contributed by atoms with Crippen molar-refractivity contribution in [1.82, 2.24) is 20.0 Å². The summed E-state index contributed by atoms with van der Waals surface area (Å²) in [5.41, 5.74) is -0.0545. The molecule has 0 saturated carbocycles. The Kier molecular flexibility index (Phi) is 3.20. The molecule has 0 aliphatic heterocycles. The first-order valence-electron chi connectivity index (χ1n) is 4.41.